The second-order valence-corrected chi connectivity index (χ2v) is 6.71. The Morgan fingerprint density at radius 3 is 2.57 bits per heavy atom. The van der Waals surface area contributed by atoms with Crippen molar-refractivity contribution in [3.05, 3.63) is 28.2 Å². The van der Waals surface area contributed by atoms with E-state index in [2.05, 4.69) is 40.0 Å². The van der Waals surface area contributed by atoms with Gasteiger partial charge in [0, 0.05) is 12.1 Å². The zero-order valence-electron chi connectivity index (χ0n) is 12.6. The molecule has 1 saturated heterocycles. The van der Waals surface area contributed by atoms with E-state index in [4.69, 9.17) is 0 Å². The minimum absolute atomic E-state index is 0.142. The zero-order chi connectivity index (χ0) is 15.4. The Kier molecular flexibility index (Phi) is 5.99. The first-order chi connectivity index (χ1) is 10.0. The Balaban J connectivity index is 1.93. The molecule has 0 spiro atoms. The van der Waals surface area contributed by atoms with Gasteiger partial charge in [0.1, 0.15) is 11.6 Å². The first-order valence-electron chi connectivity index (χ1n) is 7.64. The average Bonchev–Trinajstić information content (AvgIpc) is 2.46. The van der Waals surface area contributed by atoms with E-state index >= 15 is 0 Å². The van der Waals surface area contributed by atoms with Gasteiger partial charge in [0.05, 0.1) is 10.2 Å². The summed E-state index contributed by atoms with van der Waals surface area (Å²) in [5.74, 6) is -0.355. The van der Waals surface area contributed by atoms with Crippen LogP contribution in [0.4, 0.5) is 14.5 Å². The molecule has 1 heterocycles. The molecule has 118 valence electrons. The van der Waals surface area contributed by atoms with Gasteiger partial charge in [-0.2, -0.15) is 0 Å². The Hall–Kier alpha value is -0.680. The third kappa shape index (κ3) is 4.39. The van der Waals surface area contributed by atoms with Crippen molar-refractivity contribution in [2.24, 2.45) is 5.92 Å². The van der Waals surface area contributed by atoms with Crippen molar-refractivity contribution in [3.63, 3.8) is 0 Å². The molecule has 1 aromatic rings. The molecule has 1 aromatic carbocycles. The molecule has 0 aliphatic carbocycles. The van der Waals surface area contributed by atoms with Gasteiger partial charge in [-0.25, -0.2) is 8.78 Å². The molecule has 2 rings (SSSR count). The number of hydrogen-bond donors (Lipinski definition) is 1. The monoisotopic (exact) mass is 360 g/mol. The van der Waals surface area contributed by atoms with Gasteiger partial charge in [0.25, 0.3) is 0 Å². The zero-order valence-corrected chi connectivity index (χ0v) is 14.2. The van der Waals surface area contributed by atoms with E-state index in [9.17, 15) is 8.78 Å². The third-order valence-electron chi connectivity index (χ3n) is 4.27. The summed E-state index contributed by atoms with van der Waals surface area (Å²) < 4.78 is 27.5. The van der Waals surface area contributed by atoms with E-state index in [1.165, 1.54) is 18.6 Å². The molecule has 1 N–H and O–H groups in total. The predicted octanol–water partition coefficient (Wildman–Crippen LogP) is 4.65. The van der Waals surface area contributed by atoms with Gasteiger partial charge >= 0.3 is 0 Å². The highest BCUT2D eigenvalue weighted by Gasteiger charge is 2.24. The molecule has 0 amide bonds. The highest BCUT2D eigenvalue weighted by atomic mass is 79.9. The first kappa shape index (κ1) is 16.7. The number of anilines is 1. The van der Waals surface area contributed by atoms with Gasteiger partial charge in [0.15, 0.2) is 0 Å². The van der Waals surface area contributed by atoms with E-state index in [1.54, 1.807) is 0 Å². The highest BCUT2D eigenvalue weighted by Crippen LogP contribution is 2.27. The van der Waals surface area contributed by atoms with Crippen LogP contribution in [0, 0.1) is 17.6 Å². The predicted molar refractivity (Wildman–Crippen MR) is 86.6 cm³/mol. The quantitative estimate of drug-likeness (QED) is 0.768. The molecule has 1 aliphatic rings. The maximum absolute atomic E-state index is 13.9. The topological polar surface area (TPSA) is 15.3 Å². The minimum atomic E-state index is -0.441. The summed E-state index contributed by atoms with van der Waals surface area (Å²) in [7, 11) is 0. The molecular weight excluding hydrogens is 338 g/mol. The van der Waals surface area contributed by atoms with Gasteiger partial charge in [-0.1, -0.05) is 6.92 Å². The number of nitrogens with one attached hydrogen (secondary N) is 1. The lowest BCUT2D eigenvalue weighted by atomic mass is 9.90. The largest absolute Gasteiger partial charge is 0.380 e. The number of nitrogens with zero attached hydrogens (tertiary/aromatic N) is 1. The second kappa shape index (κ2) is 7.54. The van der Waals surface area contributed by atoms with Crippen LogP contribution in [-0.2, 0) is 0 Å². The summed E-state index contributed by atoms with van der Waals surface area (Å²) in [4.78, 5) is 2.48. The lowest BCUT2D eigenvalue weighted by Crippen LogP contribution is -2.39. The van der Waals surface area contributed by atoms with Crippen LogP contribution in [0.25, 0.3) is 0 Å². The Morgan fingerprint density at radius 1 is 1.29 bits per heavy atom. The van der Waals surface area contributed by atoms with E-state index in [0.717, 1.165) is 32.5 Å². The summed E-state index contributed by atoms with van der Waals surface area (Å²) in [5, 5.41) is 3.14. The molecule has 1 unspecified atom stereocenters. The van der Waals surface area contributed by atoms with E-state index in [1.807, 2.05) is 0 Å². The van der Waals surface area contributed by atoms with Crippen molar-refractivity contribution in [1.29, 1.82) is 0 Å². The molecule has 0 aromatic heterocycles. The molecule has 5 heteroatoms. The molecule has 2 nitrogen and oxygen atoms in total. The maximum Gasteiger partial charge on any atom is 0.147 e. The molecular formula is C16H23BrF2N2. The molecule has 21 heavy (non-hydrogen) atoms. The number of hydrogen-bond acceptors (Lipinski definition) is 2. The lowest BCUT2D eigenvalue weighted by Gasteiger charge is -2.35. The number of likely N-dealkylation sites (tertiary alicyclic amines) is 1. The Morgan fingerprint density at radius 2 is 1.95 bits per heavy atom. The normalized spacial score (nSPS) is 18.7. The fourth-order valence-electron chi connectivity index (χ4n) is 2.99. The standard InChI is InChI=1S/C16H23BrF2N2/c1-3-6-21-7-4-12(5-8-21)11(2)20-16-10-14(18)13(17)9-15(16)19/h9-12,20H,3-8H2,1-2H3. The van der Waals surface area contributed by atoms with Gasteiger partial charge in [-0.3, -0.25) is 0 Å². The highest BCUT2D eigenvalue weighted by molar-refractivity contribution is 9.10. The van der Waals surface area contributed by atoms with Crippen LogP contribution >= 0.6 is 15.9 Å². The van der Waals surface area contributed by atoms with Crippen molar-refractivity contribution in [1.82, 2.24) is 4.90 Å². The number of benzene rings is 1. The van der Waals surface area contributed by atoms with E-state index in [0.29, 0.717) is 5.92 Å². The minimum Gasteiger partial charge on any atom is -0.380 e. The van der Waals surface area contributed by atoms with Crippen LogP contribution < -0.4 is 5.32 Å². The van der Waals surface area contributed by atoms with Crippen molar-refractivity contribution < 1.29 is 8.78 Å². The number of piperidine rings is 1. The number of rotatable bonds is 5. The fourth-order valence-corrected chi connectivity index (χ4v) is 3.30. The molecule has 1 atom stereocenters. The van der Waals surface area contributed by atoms with Gasteiger partial charge in [-0.05, 0) is 73.7 Å². The van der Waals surface area contributed by atoms with Crippen LogP contribution in [0.3, 0.4) is 0 Å². The summed E-state index contributed by atoms with van der Waals surface area (Å²) in [6, 6.07) is 2.54. The number of halogens is 3. The first-order valence-corrected chi connectivity index (χ1v) is 8.44. The third-order valence-corrected chi connectivity index (χ3v) is 4.88. The van der Waals surface area contributed by atoms with Crippen molar-refractivity contribution >= 4 is 21.6 Å². The second-order valence-electron chi connectivity index (χ2n) is 5.86. The fraction of sp³-hybridized carbons (Fsp3) is 0.625. The smallest absolute Gasteiger partial charge is 0.147 e. The van der Waals surface area contributed by atoms with Crippen LogP contribution in [0.2, 0.25) is 0 Å². The summed E-state index contributed by atoms with van der Waals surface area (Å²) in [6.07, 6.45) is 3.39. The molecule has 0 bridgehead atoms. The van der Waals surface area contributed by atoms with Gasteiger partial charge < -0.3 is 10.2 Å². The average molecular weight is 361 g/mol. The molecule has 1 fully saturated rings. The molecule has 1 aliphatic heterocycles. The summed E-state index contributed by atoms with van der Waals surface area (Å²) >= 11 is 3.00. The summed E-state index contributed by atoms with van der Waals surface area (Å²) in [6.45, 7) is 7.60. The Bertz CT molecular complexity index is 474. The molecule has 0 radical (unpaired) electrons. The maximum atomic E-state index is 13.9. The summed E-state index contributed by atoms with van der Waals surface area (Å²) in [5.41, 5.74) is 0.249. The van der Waals surface area contributed by atoms with Crippen molar-refractivity contribution in [3.8, 4) is 0 Å². The Labute approximate surface area is 134 Å². The van der Waals surface area contributed by atoms with Crippen LogP contribution in [0.5, 0.6) is 0 Å². The van der Waals surface area contributed by atoms with E-state index < -0.39 is 11.6 Å². The SMILES string of the molecule is CCCN1CCC(C(C)Nc2cc(F)c(Br)cc2F)CC1. The van der Waals surface area contributed by atoms with Gasteiger partial charge in [-0.15, -0.1) is 0 Å². The van der Waals surface area contributed by atoms with Crippen molar-refractivity contribution in [2.75, 3.05) is 25.0 Å². The van der Waals surface area contributed by atoms with Crippen LogP contribution in [0.15, 0.2) is 16.6 Å². The van der Waals surface area contributed by atoms with Crippen LogP contribution in [-0.4, -0.2) is 30.6 Å². The van der Waals surface area contributed by atoms with Crippen molar-refractivity contribution in [2.45, 2.75) is 39.2 Å². The lowest BCUT2D eigenvalue weighted by molar-refractivity contribution is 0.176. The van der Waals surface area contributed by atoms with Crippen LogP contribution in [0.1, 0.15) is 33.1 Å². The van der Waals surface area contributed by atoms with E-state index in [-0.39, 0.29) is 16.2 Å². The van der Waals surface area contributed by atoms with Gasteiger partial charge in [0.2, 0.25) is 0 Å². The molecule has 0 saturated carbocycles.